The maximum atomic E-state index is 12.0. The predicted molar refractivity (Wildman–Crippen MR) is 84.9 cm³/mol. The number of nitrogens with zero attached hydrogens (tertiary/aromatic N) is 3. The average molecular weight is 311 g/mol. The molecule has 0 unspecified atom stereocenters. The number of pyridine rings is 1. The number of rotatable bonds is 5. The molecule has 116 valence electrons. The van der Waals surface area contributed by atoms with Crippen LogP contribution in [0, 0.1) is 6.92 Å². The van der Waals surface area contributed by atoms with Gasteiger partial charge >= 0.3 is 0 Å². The lowest BCUT2D eigenvalue weighted by molar-refractivity contribution is 0.0949. The summed E-state index contributed by atoms with van der Waals surface area (Å²) < 4.78 is 0. The van der Waals surface area contributed by atoms with Crippen LogP contribution in [-0.2, 0) is 0 Å². The molecule has 0 bridgehead atoms. The molecule has 5 nitrogen and oxygen atoms in total. The summed E-state index contributed by atoms with van der Waals surface area (Å²) in [6, 6.07) is 1.71. The van der Waals surface area contributed by atoms with E-state index < -0.39 is 0 Å². The normalized spacial score (nSPS) is 16.9. The molecule has 21 heavy (non-hydrogen) atoms. The van der Waals surface area contributed by atoms with Crippen LogP contribution >= 0.6 is 11.6 Å². The minimum atomic E-state index is -0.147. The van der Waals surface area contributed by atoms with Gasteiger partial charge in [0.1, 0.15) is 0 Å². The highest BCUT2D eigenvalue weighted by Crippen LogP contribution is 2.15. The van der Waals surface area contributed by atoms with Gasteiger partial charge in [-0.05, 0) is 33.0 Å². The van der Waals surface area contributed by atoms with Crippen molar-refractivity contribution in [3.05, 3.63) is 28.5 Å². The number of piperazine rings is 1. The van der Waals surface area contributed by atoms with Gasteiger partial charge in [-0.3, -0.25) is 9.78 Å². The molecule has 1 aliphatic rings. The van der Waals surface area contributed by atoms with Crippen LogP contribution in [0.5, 0.6) is 0 Å². The Labute approximate surface area is 131 Å². The van der Waals surface area contributed by atoms with Crippen molar-refractivity contribution in [2.24, 2.45) is 0 Å². The van der Waals surface area contributed by atoms with E-state index in [2.05, 4.69) is 27.1 Å². The maximum absolute atomic E-state index is 12.0. The number of carbonyl (C=O) groups is 1. The Morgan fingerprint density at radius 2 is 2.10 bits per heavy atom. The van der Waals surface area contributed by atoms with Crippen LogP contribution in [0.3, 0.4) is 0 Å². The molecule has 2 heterocycles. The Morgan fingerprint density at radius 3 is 2.76 bits per heavy atom. The zero-order chi connectivity index (χ0) is 15.2. The lowest BCUT2D eigenvalue weighted by Gasteiger charge is -2.32. The SMILES string of the molecule is Cc1cc(Cl)c(C(=O)NCCCN2CCN(C)CC2)cn1. The first kappa shape index (κ1) is 16.2. The summed E-state index contributed by atoms with van der Waals surface area (Å²) in [5.74, 6) is -0.147. The number of nitrogens with one attached hydrogen (secondary N) is 1. The molecule has 1 saturated heterocycles. The van der Waals surface area contributed by atoms with E-state index >= 15 is 0 Å². The smallest absolute Gasteiger partial charge is 0.254 e. The third kappa shape index (κ3) is 4.95. The maximum Gasteiger partial charge on any atom is 0.254 e. The van der Waals surface area contributed by atoms with Crippen molar-refractivity contribution >= 4 is 17.5 Å². The van der Waals surface area contributed by atoms with Crippen LogP contribution in [0.4, 0.5) is 0 Å². The summed E-state index contributed by atoms with van der Waals surface area (Å²) in [4.78, 5) is 20.9. The Morgan fingerprint density at radius 1 is 1.38 bits per heavy atom. The molecule has 1 fully saturated rings. The van der Waals surface area contributed by atoms with E-state index in [0.29, 0.717) is 17.1 Å². The van der Waals surface area contributed by atoms with Crippen molar-refractivity contribution in [1.82, 2.24) is 20.1 Å². The van der Waals surface area contributed by atoms with Crippen molar-refractivity contribution in [3.63, 3.8) is 0 Å². The van der Waals surface area contributed by atoms with Gasteiger partial charge in [0.15, 0.2) is 0 Å². The molecule has 2 rings (SSSR count). The number of amides is 1. The van der Waals surface area contributed by atoms with Gasteiger partial charge in [0.05, 0.1) is 10.6 Å². The van der Waals surface area contributed by atoms with Gasteiger partial charge in [-0.15, -0.1) is 0 Å². The minimum absolute atomic E-state index is 0.147. The Bertz CT molecular complexity index is 487. The lowest BCUT2D eigenvalue weighted by Crippen LogP contribution is -2.45. The van der Waals surface area contributed by atoms with Crippen molar-refractivity contribution in [1.29, 1.82) is 0 Å². The summed E-state index contributed by atoms with van der Waals surface area (Å²) >= 11 is 6.06. The zero-order valence-electron chi connectivity index (χ0n) is 12.7. The van der Waals surface area contributed by atoms with Gasteiger partial charge < -0.3 is 15.1 Å². The number of likely N-dealkylation sites (N-methyl/N-ethyl adjacent to an activating group) is 1. The van der Waals surface area contributed by atoms with Gasteiger partial charge in [0, 0.05) is 44.6 Å². The number of hydrogen-bond acceptors (Lipinski definition) is 4. The highest BCUT2D eigenvalue weighted by atomic mass is 35.5. The monoisotopic (exact) mass is 310 g/mol. The Balaban J connectivity index is 1.69. The van der Waals surface area contributed by atoms with Crippen LogP contribution in [0.25, 0.3) is 0 Å². The van der Waals surface area contributed by atoms with Crippen LogP contribution in [-0.4, -0.2) is 67.0 Å². The quantitative estimate of drug-likeness (QED) is 0.836. The van der Waals surface area contributed by atoms with Crippen molar-refractivity contribution < 1.29 is 4.79 Å². The van der Waals surface area contributed by atoms with E-state index in [-0.39, 0.29) is 5.91 Å². The molecule has 1 N–H and O–H groups in total. The van der Waals surface area contributed by atoms with Crippen molar-refractivity contribution in [2.75, 3.05) is 46.3 Å². The number of hydrogen-bond donors (Lipinski definition) is 1. The molecule has 0 radical (unpaired) electrons. The molecule has 1 aromatic heterocycles. The predicted octanol–water partition coefficient (Wildman–Crippen LogP) is 1.41. The number of aryl methyl sites for hydroxylation is 1. The van der Waals surface area contributed by atoms with E-state index in [9.17, 15) is 4.79 Å². The van der Waals surface area contributed by atoms with Crippen LogP contribution in [0.15, 0.2) is 12.3 Å². The van der Waals surface area contributed by atoms with Gasteiger partial charge in [-0.2, -0.15) is 0 Å². The summed E-state index contributed by atoms with van der Waals surface area (Å²) in [6.45, 7) is 8.00. The lowest BCUT2D eigenvalue weighted by atomic mass is 10.2. The standard InChI is InChI=1S/C15H23ClN4O/c1-12-10-14(16)13(11-18-12)15(21)17-4-3-5-20-8-6-19(2)7-9-20/h10-11H,3-9H2,1-2H3,(H,17,21). The summed E-state index contributed by atoms with van der Waals surface area (Å²) in [6.07, 6.45) is 2.49. The molecular formula is C15H23ClN4O. The largest absolute Gasteiger partial charge is 0.352 e. The topological polar surface area (TPSA) is 48.5 Å². The van der Waals surface area contributed by atoms with Gasteiger partial charge in [-0.25, -0.2) is 0 Å². The molecule has 0 atom stereocenters. The van der Waals surface area contributed by atoms with Gasteiger partial charge in [-0.1, -0.05) is 11.6 Å². The average Bonchev–Trinajstić information content (AvgIpc) is 2.45. The summed E-state index contributed by atoms with van der Waals surface area (Å²) in [7, 11) is 2.15. The van der Waals surface area contributed by atoms with E-state index in [4.69, 9.17) is 11.6 Å². The molecular weight excluding hydrogens is 288 g/mol. The van der Waals surface area contributed by atoms with E-state index in [1.165, 1.54) is 6.20 Å². The van der Waals surface area contributed by atoms with Gasteiger partial charge in [0.2, 0.25) is 0 Å². The molecule has 1 aromatic rings. The highest BCUT2D eigenvalue weighted by molar-refractivity contribution is 6.33. The highest BCUT2D eigenvalue weighted by Gasteiger charge is 2.14. The Hall–Kier alpha value is -1.17. The molecule has 0 spiro atoms. The zero-order valence-corrected chi connectivity index (χ0v) is 13.5. The fourth-order valence-electron chi connectivity index (χ4n) is 2.36. The van der Waals surface area contributed by atoms with Crippen molar-refractivity contribution in [3.8, 4) is 0 Å². The third-order valence-corrected chi connectivity index (χ3v) is 4.08. The molecule has 1 amide bonds. The molecule has 0 aromatic carbocycles. The first-order valence-electron chi connectivity index (χ1n) is 7.37. The van der Waals surface area contributed by atoms with Crippen molar-refractivity contribution in [2.45, 2.75) is 13.3 Å². The second-order valence-corrected chi connectivity index (χ2v) is 5.97. The molecule has 0 saturated carbocycles. The first-order chi connectivity index (χ1) is 10.1. The number of halogens is 1. The molecule has 1 aliphatic heterocycles. The third-order valence-electron chi connectivity index (χ3n) is 3.77. The van der Waals surface area contributed by atoms with Gasteiger partial charge in [0.25, 0.3) is 5.91 Å². The fourth-order valence-corrected chi connectivity index (χ4v) is 2.66. The summed E-state index contributed by atoms with van der Waals surface area (Å²) in [5, 5.41) is 3.36. The first-order valence-corrected chi connectivity index (χ1v) is 7.75. The second kappa shape index (κ2) is 7.73. The Kier molecular flexibility index (Phi) is 5.96. The van der Waals surface area contributed by atoms with Crippen LogP contribution < -0.4 is 5.32 Å². The minimum Gasteiger partial charge on any atom is -0.352 e. The number of aromatic nitrogens is 1. The molecule has 6 heteroatoms. The van der Waals surface area contributed by atoms with E-state index in [0.717, 1.165) is 44.8 Å². The summed E-state index contributed by atoms with van der Waals surface area (Å²) in [5.41, 5.74) is 1.26. The van der Waals surface area contributed by atoms with E-state index in [1.54, 1.807) is 6.07 Å². The second-order valence-electron chi connectivity index (χ2n) is 5.56. The van der Waals surface area contributed by atoms with E-state index in [1.807, 2.05) is 6.92 Å². The number of carbonyl (C=O) groups excluding carboxylic acids is 1. The van der Waals surface area contributed by atoms with Crippen LogP contribution in [0.1, 0.15) is 22.5 Å². The molecule has 0 aliphatic carbocycles. The van der Waals surface area contributed by atoms with Crippen LogP contribution in [0.2, 0.25) is 5.02 Å². The fraction of sp³-hybridized carbons (Fsp3) is 0.600.